The van der Waals surface area contributed by atoms with Crippen LogP contribution in [0.3, 0.4) is 0 Å². The number of carboxylic acid groups (broad SMARTS) is 1. The highest BCUT2D eigenvalue weighted by atomic mass is 16.6. The van der Waals surface area contributed by atoms with Gasteiger partial charge in [0.25, 0.3) is 0 Å². The van der Waals surface area contributed by atoms with E-state index < -0.39 is 23.1 Å². The van der Waals surface area contributed by atoms with Crippen LogP contribution in [0.15, 0.2) is 42.9 Å². The SMILES string of the molecule is CC(C)(CNC(=O)OC(C)(C)C)CC1CC1(C(=O)O)c1cn(-c2ccccc2)cn1. The highest BCUT2D eigenvalue weighted by Gasteiger charge is 2.63. The van der Waals surface area contributed by atoms with E-state index in [4.69, 9.17) is 4.74 Å². The summed E-state index contributed by atoms with van der Waals surface area (Å²) >= 11 is 0. The van der Waals surface area contributed by atoms with Crippen LogP contribution in [0, 0.1) is 11.3 Å². The van der Waals surface area contributed by atoms with E-state index >= 15 is 0 Å². The van der Waals surface area contributed by atoms with Gasteiger partial charge in [0.05, 0.1) is 12.0 Å². The number of carboxylic acids is 1. The van der Waals surface area contributed by atoms with Crippen molar-refractivity contribution in [2.24, 2.45) is 11.3 Å². The van der Waals surface area contributed by atoms with E-state index in [2.05, 4.69) is 10.3 Å². The zero-order chi connectivity index (χ0) is 22.2. The average Bonchev–Trinajstić information content (AvgIpc) is 3.13. The van der Waals surface area contributed by atoms with E-state index in [1.807, 2.05) is 75.7 Å². The molecular formula is C23H31N3O4. The van der Waals surface area contributed by atoms with Crippen LogP contribution in [0.1, 0.15) is 53.2 Å². The van der Waals surface area contributed by atoms with Gasteiger partial charge in [0, 0.05) is 18.4 Å². The molecule has 1 saturated carbocycles. The van der Waals surface area contributed by atoms with E-state index in [0.29, 0.717) is 25.1 Å². The van der Waals surface area contributed by atoms with Crippen molar-refractivity contribution in [1.82, 2.24) is 14.9 Å². The molecule has 2 N–H and O–H groups in total. The second kappa shape index (κ2) is 7.78. The first kappa shape index (κ1) is 21.9. The number of carbonyl (C=O) groups is 2. The Bertz CT molecular complexity index is 914. The van der Waals surface area contributed by atoms with Crippen LogP contribution < -0.4 is 5.32 Å². The molecule has 7 heteroatoms. The van der Waals surface area contributed by atoms with Gasteiger partial charge in [0.2, 0.25) is 0 Å². The number of para-hydroxylation sites is 1. The van der Waals surface area contributed by atoms with Crippen molar-refractivity contribution in [1.29, 1.82) is 0 Å². The lowest BCUT2D eigenvalue weighted by Gasteiger charge is -2.27. The number of carbonyl (C=O) groups excluding carboxylic acids is 1. The molecule has 3 rings (SSSR count). The highest BCUT2D eigenvalue weighted by molar-refractivity contribution is 5.85. The summed E-state index contributed by atoms with van der Waals surface area (Å²) in [4.78, 5) is 28.6. The first-order chi connectivity index (χ1) is 13.9. The lowest BCUT2D eigenvalue weighted by molar-refractivity contribution is -0.140. The second-order valence-electron chi connectivity index (χ2n) is 9.90. The molecule has 1 aliphatic carbocycles. The number of nitrogens with one attached hydrogen (secondary N) is 1. The van der Waals surface area contributed by atoms with Crippen molar-refractivity contribution in [2.75, 3.05) is 6.54 Å². The second-order valence-corrected chi connectivity index (χ2v) is 9.90. The number of imidazole rings is 1. The molecule has 0 radical (unpaired) electrons. The van der Waals surface area contributed by atoms with E-state index in [-0.39, 0.29) is 11.3 Å². The van der Waals surface area contributed by atoms with Crippen LogP contribution in [0.25, 0.3) is 5.69 Å². The Morgan fingerprint density at radius 3 is 2.50 bits per heavy atom. The number of nitrogens with zero attached hydrogens (tertiary/aromatic N) is 2. The summed E-state index contributed by atoms with van der Waals surface area (Å²) in [5.74, 6) is -0.883. The zero-order valence-electron chi connectivity index (χ0n) is 18.3. The van der Waals surface area contributed by atoms with Crippen molar-refractivity contribution in [3.8, 4) is 5.69 Å². The van der Waals surface area contributed by atoms with E-state index in [0.717, 1.165) is 5.69 Å². The van der Waals surface area contributed by atoms with Crippen LogP contribution in [-0.2, 0) is 14.9 Å². The largest absolute Gasteiger partial charge is 0.481 e. The molecule has 0 bridgehead atoms. The van der Waals surface area contributed by atoms with Crippen LogP contribution in [0.4, 0.5) is 4.79 Å². The molecule has 0 saturated heterocycles. The molecule has 0 aliphatic heterocycles. The number of alkyl carbamates (subject to hydrolysis) is 1. The van der Waals surface area contributed by atoms with E-state index in [1.54, 1.807) is 6.33 Å². The summed E-state index contributed by atoms with van der Waals surface area (Å²) in [7, 11) is 0. The molecule has 2 unspecified atom stereocenters. The smallest absolute Gasteiger partial charge is 0.407 e. The molecular weight excluding hydrogens is 382 g/mol. The van der Waals surface area contributed by atoms with Crippen molar-refractivity contribution in [3.05, 3.63) is 48.5 Å². The van der Waals surface area contributed by atoms with Gasteiger partial charge in [-0.25, -0.2) is 9.78 Å². The van der Waals surface area contributed by atoms with Gasteiger partial charge in [0.15, 0.2) is 0 Å². The first-order valence-electron chi connectivity index (χ1n) is 10.2. The van der Waals surface area contributed by atoms with Crippen molar-refractivity contribution in [3.63, 3.8) is 0 Å². The maximum atomic E-state index is 12.2. The molecule has 0 spiro atoms. The number of hydrogen-bond donors (Lipinski definition) is 2. The summed E-state index contributed by atoms with van der Waals surface area (Å²) in [6.07, 6.45) is 4.23. The fraction of sp³-hybridized carbons (Fsp3) is 0.522. The predicted molar refractivity (Wildman–Crippen MR) is 114 cm³/mol. The van der Waals surface area contributed by atoms with Gasteiger partial charge in [-0.3, -0.25) is 4.79 Å². The molecule has 162 valence electrons. The lowest BCUT2D eigenvalue weighted by Crippen LogP contribution is -2.38. The Morgan fingerprint density at radius 2 is 1.90 bits per heavy atom. The maximum Gasteiger partial charge on any atom is 0.407 e. The highest BCUT2D eigenvalue weighted by Crippen LogP contribution is 2.58. The minimum absolute atomic E-state index is 0.0374. The van der Waals surface area contributed by atoms with Crippen molar-refractivity contribution in [2.45, 2.75) is 58.5 Å². The quantitative estimate of drug-likeness (QED) is 0.711. The normalized spacial score (nSPS) is 21.2. The molecule has 1 aromatic heterocycles. The van der Waals surface area contributed by atoms with Crippen molar-refractivity contribution < 1.29 is 19.4 Å². The fourth-order valence-electron chi connectivity index (χ4n) is 3.92. The standard InChI is InChI=1S/C23H31N3O4/c1-21(2,3)30-20(29)24-14-22(4,5)11-16-12-23(16,19(27)28)18-13-26(15-25-18)17-9-7-6-8-10-17/h6-10,13,15-16H,11-12,14H2,1-5H3,(H,24,29)(H,27,28). The number of hydrogen-bond acceptors (Lipinski definition) is 4. The third-order valence-corrected chi connectivity index (χ3v) is 5.49. The number of ether oxygens (including phenoxy) is 1. The van der Waals surface area contributed by atoms with Gasteiger partial charge >= 0.3 is 12.1 Å². The average molecular weight is 414 g/mol. The zero-order valence-corrected chi connectivity index (χ0v) is 18.3. The lowest BCUT2D eigenvalue weighted by atomic mass is 9.84. The summed E-state index contributed by atoms with van der Waals surface area (Å²) < 4.78 is 7.14. The minimum atomic E-state index is -0.969. The van der Waals surface area contributed by atoms with Crippen LogP contribution >= 0.6 is 0 Å². The van der Waals surface area contributed by atoms with Crippen LogP contribution in [-0.4, -0.2) is 38.9 Å². The first-order valence-corrected chi connectivity index (χ1v) is 10.2. The predicted octanol–water partition coefficient (Wildman–Crippen LogP) is 4.16. The molecule has 7 nitrogen and oxygen atoms in total. The maximum absolute atomic E-state index is 12.2. The number of aromatic nitrogens is 2. The number of amides is 1. The Morgan fingerprint density at radius 1 is 1.23 bits per heavy atom. The Labute approximate surface area is 177 Å². The number of aliphatic carboxylic acids is 1. The summed E-state index contributed by atoms with van der Waals surface area (Å²) in [5.41, 5.74) is -0.277. The molecule has 1 amide bonds. The van der Waals surface area contributed by atoms with Gasteiger partial charge in [-0.15, -0.1) is 0 Å². The number of rotatable bonds is 7. The van der Waals surface area contributed by atoms with E-state index in [9.17, 15) is 14.7 Å². The van der Waals surface area contributed by atoms with Crippen LogP contribution in [0.2, 0.25) is 0 Å². The summed E-state index contributed by atoms with van der Waals surface area (Å²) in [6, 6.07) is 9.71. The van der Waals surface area contributed by atoms with Gasteiger partial charge in [0.1, 0.15) is 11.0 Å². The molecule has 2 atom stereocenters. The van der Waals surface area contributed by atoms with Gasteiger partial charge in [-0.2, -0.15) is 0 Å². The third-order valence-electron chi connectivity index (χ3n) is 5.49. The van der Waals surface area contributed by atoms with Gasteiger partial charge in [-0.05, 0) is 57.1 Å². The molecule has 2 aromatic rings. The third kappa shape index (κ3) is 4.83. The molecule has 1 heterocycles. The minimum Gasteiger partial charge on any atom is -0.481 e. The van der Waals surface area contributed by atoms with Gasteiger partial charge < -0.3 is 19.7 Å². The topological polar surface area (TPSA) is 93.5 Å². The fourth-order valence-corrected chi connectivity index (χ4v) is 3.92. The summed E-state index contributed by atoms with van der Waals surface area (Å²) in [6.45, 7) is 9.91. The van der Waals surface area contributed by atoms with Crippen LogP contribution in [0.5, 0.6) is 0 Å². The monoisotopic (exact) mass is 413 g/mol. The number of benzene rings is 1. The summed E-state index contributed by atoms with van der Waals surface area (Å²) in [5, 5.41) is 12.8. The molecule has 1 aliphatic rings. The van der Waals surface area contributed by atoms with E-state index in [1.165, 1.54) is 0 Å². The molecule has 1 aromatic carbocycles. The molecule has 30 heavy (non-hydrogen) atoms. The van der Waals surface area contributed by atoms with Crippen molar-refractivity contribution >= 4 is 12.1 Å². The Balaban J connectivity index is 1.67. The van der Waals surface area contributed by atoms with Gasteiger partial charge in [-0.1, -0.05) is 32.0 Å². The molecule has 1 fully saturated rings. The Kier molecular flexibility index (Phi) is 5.67. The Hall–Kier alpha value is -2.83.